The third kappa shape index (κ3) is 3.47. The molecule has 170 valence electrons. The Hall–Kier alpha value is -2.22. The van der Waals surface area contributed by atoms with Crippen molar-refractivity contribution in [1.82, 2.24) is 19.7 Å². The Kier molecular flexibility index (Phi) is 4.89. The van der Waals surface area contributed by atoms with E-state index in [0.29, 0.717) is 13.0 Å². The Morgan fingerprint density at radius 1 is 1.19 bits per heavy atom. The van der Waals surface area contributed by atoms with E-state index in [4.69, 9.17) is 4.74 Å². The zero-order chi connectivity index (χ0) is 21.9. The molecule has 7 rings (SSSR count). The number of hydrogen-bond acceptors (Lipinski definition) is 6. The number of ether oxygens (including phenoxy) is 1. The van der Waals surface area contributed by atoms with Gasteiger partial charge in [0.15, 0.2) is 0 Å². The van der Waals surface area contributed by atoms with Crippen LogP contribution in [0.1, 0.15) is 57.1 Å². The van der Waals surface area contributed by atoms with Gasteiger partial charge in [-0.25, -0.2) is 9.78 Å². The first-order valence-corrected chi connectivity index (χ1v) is 12.8. The largest absolute Gasteiger partial charge is 0.458 e. The second-order valence-corrected chi connectivity index (χ2v) is 11.4. The molecule has 7 nitrogen and oxygen atoms in total. The van der Waals surface area contributed by atoms with E-state index in [0.717, 1.165) is 59.7 Å². The van der Waals surface area contributed by atoms with Gasteiger partial charge in [-0.15, -0.1) is 11.3 Å². The summed E-state index contributed by atoms with van der Waals surface area (Å²) in [5.41, 5.74) is 1.49. The van der Waals surface area contributed by atoms with Crippen LogP contribution in [0.5, 0.6) is 0 Å². The Bertz CT molecular complexity index is 1010. The normalized spacial score (nSPS) is 33.1. The number of thiazole rings is 1. The zero-order valence-corrected chi connectivity index (χ0v) is 19.4. The summed E-state index contributed by atoms with van der Waals surface area (Å²) in [6, 6.07) is -0.438. The minimum atomic E-state index is -0.438. The molecule has 1 amide bonds. The fourth-order valence-corrected chi connectivity index (χ4v) is 7.99. The summed E-state index contributed by atoms with van der Waals surface area (Å²) < 4.78 is 7.40. The van der Waals surface area contributed by atoms with Gasteiger partial charge in [-0.1, -0.05) is 0 Å². The summed E-state index contributed by atoms with van der Waals surface area (Å²) in [4.78, 5) is 33.2. The van der Waals surface area contributed by atoms with E-state index in [1.54, 1.807) is 10.9 Å². The minimum Gasteiger partial charge on any atom is -0.458 e. The van der Waals surface area contributed by atoms with Gasteiger partial charge in [0.25, 0.3) is 0 Å². The van der Waals surface area contributed by atoms with Gasteiger partial charge in [0.1, 0.15) is 17.7 Å². The van der Waals surface area contributed by atoms with Crippen molar-refractivity contribution in [2.24, 2.45) is 30.2 Å². The van der Waals surface area contributed by atoms with E-state index < -0.39 is 6.04 Å². The molecule has 5 aliphatic rings. The van der Waals surface area contributed by atoms with E-state index in [2.05, 4.69) is 10.1 Å². The van der Waals surface area contributed by atoms with Crippen molar-refractivity contribution >= 4 is 23.2 Å². The summed E-state index contributed by atoms with van der Waals surface area (Å²) >= 11 is 1.52. The number of carbonyl (C=O) groups is 2. The molecule has 4 saturated carbocycles. The Morgan fingerprint density at radius 2 is 1.91 bits per heavy atom. The van der Waals surface area contributed by atoms with E-state index in [1.807, 2.05) is 23.5 Å². The van der Waals surface area contributed by atoms with Crippen LogP contribution in [0.2, 0.25) is 0 Å². The van der Waals surface area contributed by atoms with E-state index in [9.17, 15) is 9.59 Å². The molecular weight excluding hydrogens is 424 g/mol. The summed E-state index contributed by atoms with van der Waals surface area (Å²) in [7, 11) is 1.87. The first-order chi connectivity index (χ1) is 15.5. The van der Waals surface area contributed by atoms with Gasteiger partial charge in [-0.2, -0.15) is 5.10 Å². The number of aryl methyl sites for hydroxylation is 1. The minimum absolute atomic E-state index is 0.144. The van der Waals surface area contributed by atoms with Gasteiger partial charge in [0.2, 0.25) is 5.91 Å². The third-order valence-corrected chi connectivity index (χ3v) is 9.08. The van der Waals surface area contributed by atoms with Crippen molar-refractivity contribution in [2.45, 2.75) is 64.0 Å². The lowest BCUT2D eigenvalue weighted by atomic mass is 9.49. The van der Waals surface area contributed by atoms with Crippen molar-refractivity contribution in [3.63, 3.8) is 0 Å². The van der Waals surface area contributed by atoms with Gasteiger partial charge < -0.3 is 9.64 Å². The van der Waals surface area contributed by atoms with Crippen molar-refractivity contribution in [3.8, 4) is 10.6 Å². The zero-order valence-electron chi connectivity index (χ0n) is 18.5. The molecule has 4 aliphatic carbocycles. The van der Waals surface area contributed by atoms with E-state index in [1.165, 1.54) is 30.6 Å². The summed E-state index contributed by atoms with van der Waals surface area (Å²) in [6.07, 6.45) is 12.3. The molecule has 3 heterocycles. The molecule has 5 fully saturated rings. The molecule has 0 radical (unpaired) electrons. The standard InChI is InChI=1S/C24H30N4O3S/c1-27-12-18(11-25-27)21-26-19(14-32-21)13-31-22(29)20-3-2-4-28(20)23(30)24-8-15-5-16(9-24)7-17(6-15)10-24/h11-12,14-17,20H,2-10,13H2,1H3. The van der Waals surface area contributed by atoms with Crippen LogP contribution in [-0.4, -0.2) is 44.1 Å². The monoisotopic (exact) mass is 454 g/mol. The highest BCUT2D eigenvalue weighted by Crippen LogP contribution is 2.60. The lowest BCUT2D eigenvalue weighted by Gasteiger charge is -2.56. The SMILES string of the molecule is Cn1cc(-c2nc(COC(=O)C3CCCN3C(=O)C34CC5CC(CC(C5)C3)C4)cs2)cn1. The predicted molar refractivity (Wildman–Crippen MR) is 119 cm³/mol. The maximum absolute atomic E-state index is 13.7. The number of hydrogen-bond donors (Lipinski definition) is 0. The second kappa shape index (κ2) is 7.68. The van der Waals surface area contributed by atoms with Gasteiger partial charge in [-0.05, 0) is 69.1 Å². The maximum Gasteiger partial charge on any atom is 0.329 e. The molecule has 1 aliphatic heterocycles. The summed E-state index contributed by atoms with van der Waals surface area (Å²) in [5, 5.41) is 6.97. The van der Waals surface area contributed by atoms with Gasteiger partial charge in [0.05, 0.1) is 17.3 Å². The van der Waals surface area contributed by atoms with Crippen molar-refractivity contribution < 1.29 is 14.3 Å². The van der Waals surface area contributed by atoms with Crippen LogP contribution in [-0.2, 0) is 28.0 Å². The van der Waals surface area contributed by atoms with Crippen LogP contribution in [0.4, 0.5) is 0 Å². The van der Waals surface area contributed by atoms with Crippen LogP contribution in [0.25, 0.3) is 10.6 Å². The number of esters is 1. The highest BCUT2D eigenvalue weighted by Gasteiger charge is 2.57. The molecule has 0 N–H and O–H groups in total. The molecular formula is C24H30N4O3S. The molecule has 2 aromatic heterocycles. The number of carbonyl (C=O) groups excluding carboxylic acids is 2. The van der Waals surface area contributed by atoms with Crippen LogP contribution < -0.4 is 0 Å². The number of likely N-dealkylation sites (tertiary alicyclic amines) is 1. The molecule has 32 heavy (non-hydrogen) atoms. The van der Waals surface area contributed by atoms with Crippen LogP contribution in [0.3, 0.4) is 0 Å². The molecule has 8 heteroatoms. The first kappa shape index (κ1) is 20.4. The summed E-state index contributed by atoms with van der Waals surface area (Å²) in [6.45, 7) is 0.827. The Morgan fingerprint density at radius 3 is 2.56 bits per heavy atom. The Balaban J connectivity index is 1.11. The summed E-state index contributed by atoms with van der Waals surface area (Å²) in [5.74, 6) is 2.12. The maximum atomic E-state index is 13.7. The molecule has 1 saturated heterocycles. The lowest BCUT2D eigenvalue weighted by Crippen LogP contribution is -2.56. The molecule has 0 spiro atoms. The van der Waals surface area contributed by atoms with Crippen molar-refractivity contribution in [1.29, 1.82) is 0 Å². The topological polar surface area (TPSA) is 77.3 Å². The second-order valence-electron chi connectivity index (χ2n) is 10.5. The smallest absolute Gasteiger partial charge is 0.329 e. The molecule has 2 aromatic rings. The predicted octanol–water partition coefficient (Wildman–Crippen LogP) is 3.79. The number of nitrogens with zero attached hydrogens (tertiary/aromatic N) is 4. The highest BCUT2D eigenvalue weighted by molar-refractivity contribution is 7.13. The molecule has 0 aromatic carbocycles. The average molecular weight is 455 g/mol. The van der Waals surface area contributed by atoms with Crippen molar-refractivity contribution in [3.05, 3.63) is 23.5 Å². The molecule has 1 unspecified atom stereocenters. The fourth-order valence-electron chi connectivity index (χ4n) is 7.21. The molecule has 4 bridgehead atoms. The highest BCUT2D eigenvalue weighted by atomic mass is 32.1. The van der Waals surface area contributed by atoms with Gasteiger partial charge >= 0.3 is 5.97 Å². The van der Waals surface area contributed by atoms with Crippen LogP contribution in [0, 0.1) is 23.2 Å². The third-order valence-electron chi connectivity index (χ3n) is 8.14. The first-order valence-electron chi connectivity index (χ1n) is 11.9. The van der Waals surface area contributed by atoms with Crippen LogP contribution >= 0.6 is 11.3 Å². The average Bonchev–Trinajstić information content (AvgIpc) is 3.51. The molecule has 1 atom stereocenters. The fraction of sp³-hybridized carbons (Fsp3) is 0.667. The van der Waals surface area contributed by atoms with E-state index >= 15 is 0 Å². The van der Waals surface area contributed by atoms with Crippen molar-refractivity contribution in [2.75, 3.05) is 6.54 Å². The Labute approximate surface area is 192 Å². The van der Waals surface area contributed by atoms with Gasteiger partial charge in [0, 0.05) is 30.7 Å². The van der Waals surface area contributed by atoms with Gasteiger partial charge in [-0.3, -0.25) is 9.48 Å². The van der Waals surface area contributed by atoms with Crippen LogP contribution in [0.15, 0.2) is 17.8 Å². The number of rotatable bonds is 5. The lowest BCUT2D eigenvalue weighted by molar-refractivity contribution is -0.166. The quantitative estimate of drug-likeness (QED) is 0.643. The number of aromatic nitrogens is 3. The number of amides is 1. The van der Waals surface area contributed by atoms with E-state index in [-0.39, 0.29) is 23.9 Å².